The molecule has 0 bridgehead atoms. The first-order valence-electron chi connectivity index (χ1n) is 7.43. The molecule has 1 N–H and O–H groups in total. The smallest absolute Gasteiger partial charge is 0.161 e. The third-order valence-electron chi connectivity index (χ3n) is 4.30. The van der Waals surface area contributed by atoms with Gasteiger partial charge in [0, 0.05) is 14.7 Å². The highest BCUT2D eigenvalue weighted by molar-refractivity contribution is 9.11. The minimum absolute atomic E-state index is 0.189. The molecule has 0 amide bonds. The molecule has 21 heavy (non-hydrogen) atoms. The van der Waals surface area contributed by atoms with E-state index in [4.69, 9.17) is 4.99 Å². The van der Waals surface area contributed by atoms with Crippen LogP contribution in [0.1, 0.15) is 38.2 Å². The van der Waals surface area contributed by atoms with Crippen LogP contribution in [0.5, 0.6) is 0 Å². The average Bonchev–Trinajstić information content (AvgIpc) is 2.76. The van der Waals surface area contributed by atoms with Crippen LogP contribution in [0.15, 0.2) is 26.1 Å². The molecule has 1 spiro atoms. The molecule has 1 fully saturated rings. The summed E-state index contributed by atoms with van der Waals surface area (Å²) in [5.41, 5.74) is 2.50. The van der Waals surface area contributed by atoms with Crippen molar-refractivity contribution >= 4 is 54.5 Å². The summed E-state index contributed by atoms with van der Waals surface area (Å²) in [6.07, 6.45) is 5.16. The second-order valence-electron chi connectivity index (χ2n) is 6.36. The van der Waals surface area contributed by atoms with E-state index in [-0.39, 0.29) is 5.54 Å². The van der Waals surface area contributed by atoms with Gasteiger partial charge in [-0.25, -0.2) is 0 Å². The van der Waals surface area contributed by atoms with Crippen molar-refractivity contribution in [1.82, 2.24) is 0 Å². The third kappa shape index (κ3) is 3.50. The summed E-state index contributed by atoms with van der Waals surface area (Å²) in [5.74, 6) is 1.93. The molecule has 2 unspecified atom stereocenters. The van der Waals surface area contributed by atoms with Gasteiger partial charge in [-0.05, 0) is 75.2 Å². The zero-order valence-electron chi connectivity index (χ0n) is 12.4. The van der Waals surface area contributed by atoms with Gasteiger partial charge in [0.25, 0.3) is 0 Å². The van der Waals surface area contributed by atoms with Crippen molar-refractivity contribution in [1.29, 1.82) is 0 Å². The van der Waals surface area contributed by atoms with Gasteiger partial charge in [-0.3, -0.25) is 4.99 Å². The van der Waals surface area contributed by atoms with Crippen LogP contribution in [0.25, 0.3) is 0 Å². The molecule has 0 radical (unpaired) electrons. The lowest BCUT2D eigenvalue weighted by Gasteiger charge is -2.33. The molecule has 2 nitrogen and oxygen atoms in total. The van der Waals surface area contributed by atoms with Crippen molar-refractivity contribution in [3.05, 3.63) is 26.6 Å². The quantitative estimate of drug-likeness (QED) is 0.590. The maximum Gasteiger partial charge on any atom is 0.161 e. The van der Waals surface area contributed by atoms with E-state index < -0.39 is 0 Å². The van der Waals surface area contributed by atoms with Crippen LogP contribution < -0.4 is 5.32 Å². The number of anilines is 1. The molecule has 3 rings (SSSR count). The molecule has 114 valence electrons. The molecule has 1 aromatic rings. The lowest BCUT2D eigenvalue weighted by molar-refractivity contribution is 0.266. The first kappa shape index (κ1) is 15.9. The van der Waals surface area contributed by atoms with E-state index in [0.717, 1.165) is 31.5 Å². The van der Waals surface area contributed by atoms with E-state index in [2.05, 4.69) is 63.2 Å². The molecule has 1 saturated carbocycles. The lowest BCUT2D eigenvalue weighted by atomic mass is 9.78. The van der Waals surface area contributed by atoms with E-state index in [1.165, 1.54) is 31.2 Å². The van der Waals surface area contributed by atoms with E-state index in [1.807, 2.05) is 11.8 Å². The van der Waals surface area contributed by atoms with Crippen LogP contribution in [0.2, 0.25) is 0 Å². The summed E-state index contributed by atoms with van der Waals surface area (Å²) in [5, 5.41) is 4.57. The molecule has 2 aliphatic rings. The van der Waals surface area contributed by atoms with Crippen LogP contribution in [-0.2, 0) is 0 Å². The van der Waals surface area contributed by atoms with E-state index in [0.29, 0.717) is 0 Å². The van der Waals surface area contributed by atoms with Crippen LogP contribution in [0, 0.1) is 12.8 Å². The predicted molar refractivity (Wildman–Crippen MR) is 100 cm³/mol. The predicted octanol–water partition coefficient (Wildman–Crippen LogP) is 5.98. The van der Waals surface area contributed by atoms with Crippen molar-refractivity contribution in [3.63, 3.8) is 0 Å². The first-order chi connectivity index (χ1) is 9.97. The van der Waals surface area contributed by atoms with Gasteiger partial charge < -0.3 is 5.32 Å². The SMILES string of the molecule is Cc1cc(Br)c(NC2=NC3(CCCC(C)C3)CS2)c(Br)c1. The second kappa shape index (κ2) is 6.25. The zero-order valence-corrected chi connectivity index (χ0v) is 16.4. The van der Waals surface area contributed by atoms with Crippen LogP contribution in [0.4, 0.5) is 5.69 Å². The molecule has 0 saturated heterocycles. The van der Waals surface area contributed by atoms with Gasteiger partial charge in [0.1, 0.15) is 0 Å². The Morgan fingerprint density at radius 3 is 2.71 bits per heavy atom. The van der Waals surface area contributed by atoms with Crippen LogP contribution in [-0.4, -0.2) is 16.5 Å². The van der Waals surface area contributed by atoms with Crippen LogP contribution in [0.3, 0.4) is 0 Å². The number of amidine groups is 1. The first-order valence-corrected chi connectivity index (χ1v) is 10.00. The zero-order chi connectivity index (χ0) is 15.0. The second-order valence-corrected chi connectivity index (χ2v) is 9.03. The van der Waals surface area contributed by atoms with Crippen molar-refractivity contribution in [3.8, 4) is 0 Å². The summed E-state index contributed by atoms with van der Waals surface area (Å²) in [6.45, 7) is 4.46. The number of halogens is 2. The van der Waals surface area contributed by atoms with Crippen molar-refractivity contribution in [2.45, 2.75) is 45.1 Å². The fourth-order valence-electron chi connectivity index (χ4n) is 3.34. The normalized spacial score (nSPS) is 28.8. The number of aryl methyl sites for hydroxylation is 1. The Labute approximate surface area is 147 Å². The Morgan fingerprint density at radius 1 is 1.33 bits per heavy atom. The fourth-order valence-corrected chi connectivity index (χ4v) is 6.12. The number of benzene rings is 1. The molecule has 0 aromatic heterocycles. The number of rotatable bonds is 1. The lowest BCUT2D eigenvalue weighted by Crippen LogP contribution is -2.33. The van der Waals surface area contributed by atoms with Crippen molar-refractivity contribution < 1.29 is 0 Å². The molecule has 2 atom stereocenters. The highest BCUT2D eigenvalue weighted by Crippen LogP contribution is 2.43. The number of hydrogen-bond donors (Lipinski definition) is 1. The monoisotopic (exact) mass is 430 g/mol. The molecular weight excluding hydrogens is 412 g/mol. The van der Waals surface area contributed by atoms with E-state index >= 15 is 0 Å². The van der Waals surface area contributed by atoms with E-state index in [1.54, 1.807) is 0 Å². The number of aliphatic imine (C=N–C) groups is 1. The number of hydrogen-bond acceptors (Lipinski definition) is 3. The topological polar surface area (TPSA) is 24.4 Å². The maximum atomic E-state index is 5.06. The molecule has 1 aliphatic heterocycles. The molecular formula is C16H20Br2N2S. The number of nitrogens with zero attached hydrogens (tertiary/aromatic N) is 1. The Morgan fingerprint density at radius 2 is 2.05 bits per heavy atom. The van der Waals surface area contributed by atoms with Gasteiger partial charge in [-0.15, -0.1) is 0 Å². The van der Waals surface area contributed by atoms with Crippen molar-refractivity contribution in [2.24, 2.45) is 10.9 Å². The molecule has 1 aromatic carbocycles. The van der Waals surface area contributed by atoms with Gasteiger partial charge in [0.2, 0.25) is 0 Å². The number of thioether (sulfide) groups is 1. The summed E-state index contributed by atoms with van der Waals surface area (Å²) in [4.78, 5) is 5.06. The fraction of sp³-hybridized carbons (Fsp3) is 0.562. The maximum absolute atomic E-state index is 5.06. The van der Waals surface area contributed by atoms with Crippen molar-refractivity contribution in [2.75, 3.05) is 11.1 Å². The summed E-state index contributed by atoms with van der Waals surface area (Å²) in [6, 6.07) is 4.26. The van der Waals surface area contributed by atoms with Crippen LogP contribution >= 0.6 is 43.6 Å². The Bertz CT molecular complexity index is 565. The Kier molecular flexibility index (Phi) is 4.72. The summed E-state index contributed by atoms with van der Waals surface area (Å²) < 4.78 is 2.16. The van der Waals surface area contributed by atoms with Gasteiger partial charge in [-0.2, -0.15) is 0 Å². The third-order valence-corrected chi connectivity index (χ3v) is 6.70. The molecule has 1 heterocycles. The summed E-state index contributed by atoms with van der Waals surface area (Å²) in [7, 11) is 0. The van der Waals surface area contributed by atoms with Gasteiger partial charge >= 0.3 is 0 Å². The standard InChI is InChI=1S/C16H20Br2N2S/c1-10-4-3-5-16(8-10)9-21-15(20-16)19-14-12(17)6-11(2)7-13(14)18/h6-7,10H,3-5,8-9H2,1-2H3,(H,19,20). The molecule has 5 heteroatoms. The van der Waals surface area contributed by atoms with E-state index in [9.17, 15) is 0 Å². The minimum Gasteiger partial charge on any atom is -0.333 e. The number of nitrogens with one attached hydrogen (secondary N) is 1. The van der Waals surface area contributed by atoms with Gasteiger partial charge in [-0.1, -0.05) is 31.5 Å². The van der Waals surface area contributed by atoms with Gasteiger partial charge in [0.05, 0.1) is 11.2 Å². The Balaban J connectivity index is 1.80. The minimum atomic E-state index is 0.189. The largest absolute Gasteiger partial charge is 0.333 e. The highest BCUT2D eigenvalue weighted by Gasteiger charge is 2.39. The summed E-state index contributed by atoms with van der Waals surface area (Å²) >= 11 is 9.15. The Hall–Kier alpha value is -0.000000000000000111. The highest BCUT2D eigenvalue weighted by atomic mass is 79.9. The van der Waals surface area contributed by atoms with Gasteiger partial charge in [0.15, 0.2) is 5.17 Å². The molecule has 1 aliphatic carbocycles. The average molecular weight is 432 g/mol.